The molecule has 0 atom stereocenters. The molecule has 1 rings (SSSR count). The summed E-state index contributed by atoms with van der Waals surface area (Å²) in [7, 11) is 0. The van der Waals surface area contributed by atoms with E-state index in [0.717, 1.165) is 6.07 Å². The molecule has 0 aliphatic rings. The minimum absolute atomic E-state index is 0.0306. The molecule has 0 aliphatic heterocycles. The van der Waals surface area contributed by atoms with E-state index < -0.39 is 22.9 Å². The average molecular weight is 287 g/mol. The zero-order chi connectivity index (χ0) is 10.9. The average Bonchev–Trinajstić information content (AvgIpc) is 2.02. The first-order valence-corrected chi connectivity index (χ1v) is 4.39. The molecular formula is C6H2BrClF2N2O2. The summed E-state index contributed by atoms with van der Waals surface area (Å²) in [4.78, 5) is 12.6. The van der Waals surface area contributed by atoms with Crippen LogP contribution in [0.5, 0.6) is 0 Å². The topological polar surface area (TPSA) is 56.0 Å². The van der Waals surface area contributed by atoms with Crippen LogP contribution in [0.15, 0.2) is 10.5 Å². The molecule has 0 saturated carbocycles. The van der Waals surface area contributed by atoms with Crippen molar-refractivity contribution in [2.24, 2.45) is 0 Å². The number of halogens is 4. The summed E-state index contributed by atoms with van der Waals surface area (Å²) < 4.78 is 24.4. The Labute approximate surface area is 90.2 Å². The molecule has 0 fully saturated rings. The van der Waals surface area contributed by atoms with Crippen LogP contribution in [-0.2, 0) is 0 Å². The molecule has 1 heterocycles. The number of aromatic nitrogens is 1. The third-order valence-corrected chi connectivity index (χ3v) is 2.20. The van der Waals surface area contributed by atoms with Gasteiger partial charge in [0.05, 0.1) is 5.02 Å². The number of nitrogens with zero attached hydrogens (tertiary/aromatic N) is 2. The highest BCUT2D eigenvalue weighted by molar-refractivity contribution is 9.10. The van der Waals surface area contributed by atoms with Gasteiger partial charge in [-0.05, 0) is 31.9 Å². The summed E-state index contributed by atoms with van der Waals surface area (Å²) in [5.41, 5.74) is -0.790. The molecule has 0 radical (unpaired) electrons. The number of nitro groups is 1. The zero-order valence-corrected chi connectivity index (χ0v) is 8.72. The molecule has 1 aromatic rings. The van der Waals surface area contributed by atoms with Crippen molar-refractivity contribution in [3.05, 3.63) is 31.4 Å². The van der Waals surface area contributed by atoms with Gasteiger partial charge in [-0.3, -0.25) is 0 Å². The number of alkyl halides is 2. The van der Waals surface area contributed by atoms with E-state index in [2.05, 4.69) is 20.9 Å². The molecule has 0 aromatic carbocycles. The Hall–Kier alpha value is -0.820. The highest BCUT2D eigenvalue weighted by Gasteiger charge is 2.25. The minimum atomic E-state index is -2.94. The largest absolute Gasteiger partial charge is 0.378 e. The predicted octanol–water partition coefficient (Wildman–Crippen LogP) is 3.34. The van der Waals surface area contributed by atoms with Crippen molar-refractivity contribution in [1.82, 2.24) is 4.98 Å². The predicted molar refractivity (Wildman–Crippen MR) is 48.6 cm³/mol. The van der Waals surface area contributed by atoms with E-state index in [9.17, 15) is 18.9 Å². The lowest BCUT2D eigenvalue weighted by Gasteiger charge is -2.00. The normalized spacial score (nSPS) is 10.6. The van der Waals surface area contributed by atoms with Gasteiger partial charge in [0.2, 0.25) is 5.69 Å². The van der Waals surface area contributed by atoms with Crippen molar-refractivity contribution in [3.63, 3.8) is 0 Å². The molecule has 0 amide bonds. The quantitative estimate of drug-likeness (QED) is 0.619. The summed E-state index contributed by atoms with van der Waals surface area (Å²) in [6, 6.07) is 1.02. The molecular weight excluding hydrogens is 285 g/mol. The standard InChI is InChI=1S/C6H2BrClF2N2O2/c7-2-1-3(8)4(5(9)10)11-6(2)12(13)14/h1,5H. The van der Waals surface area contributed by atoms with Gasteiger partial charge in [0.1, 0.15) is 4.47 Å². The molecule has 0 unspecified atom stereocenters. The molecule has 0 N–H and O–H groups in total. The molecule has 0 aliphatic carbocycles. The van der Waals surface area contributed by atoms with E-state index >= 15 is 0 Å². The van der Waals surface area contributed by atoms with Gasteiger partial charge in [-0.25, -0.2) is 8.78 Å². The first kappa shape index (κ1) is 11.3. The maximum atomic E-state index is 12.2. The summed E-state index contributed by atoms with van der Waals surface area (Å²) in [6.45, 7) is 0. The highest BCUT2D eigenvalue weighted by Crippen LogP contribution is 2.32. The molecule has 14 heavy (non-hydrogen) atoms. The second-order valence-corrected chi connectivity index (χ2v) is 3.48. The van der Waals surface area contributed by atoms with Gasteiger partial charge in [0.25, 0.3) is 0 Å². The monoisotopic (exact) mass is 286 g/mol. The lowest BCUT2D eigenvalue weighted by molar-refractivity contribution is -0.390. The van der Waals surface area contributed by atoms with Crippen molar-refractivity contribution < 1.29 is 13.7 Å². The van der Waals surface area contributed by atoms with E-state index in [1.165, 1.54) is 0 Å². The fraction of sp³-hybridized carbons (Fsp3) is 0.167. The third kappa shape index (κ3) is 2.16. The van der Waals surface area contributed by atoms with Crippen molar-refractivity contribution in [2.45, 2.75) is 6.43 Å². The highest BCUT2D eigenvalue weighted by atomic mass is 79.9. The van der Waals surface area contributed by atoms with Gasteiger partial charge in [-0.2, -0.15) is 0 Å². The van der Waals surface area contributed by atoms with E-state index in [-0.39, 0.29) is 9.50 Å². The van der Waals surface area contributed by atoms with Gasteiger partial charge in [-0.1, -0.05) is 11.6 Å². The fourth-order valence-corrected chi connectivity index (χ4v) is 1.58. The smallest absolute Gasteiger partial charge is 0.358 e. The Morgan fingerprint density at radius 2 is 2.21 bits per heavy atom. The van der Waals surface area contributed by atoms with Gasteiger partial charge in [0, 0.05) is 0 Å². The second kappa shape index (κ2) is 4.14. The summed E-state index contributed by atoms with van der Waals surface area (Å²) in [6.07, 6.45) is -2.94. The Bertz CT molecular complexity index is 388. The minimum Gasteiger partial charge on any atom is -0.358 e. The second-order valence-electron chi connectivity index (χ2n) is 2.22. The van der Waals surface area contributed by atoms with Gasteiger partial charge in [0.15, 0.2) is 0 Å². The van der Waals surface area contributed by atoms with Crippen LogP contribution in [0, 0.1) is 10.1 Å². The third-order valence-electron chi connectivity index (χ3n) is 1.32. The van der Waals surface area contributed by atoms with Crippen molar-refractivity contribution in [3.8, 4) is 0 Å². The van der Waals surface area contributed by atoms with Crippen LogP contribution in [0.25, 0.3) is 0 Å². The van der Waals surface area contributed by atoms with Crippen LogP contribution in [0.1, 0.15) is 12.1 Å². The van der Waals surface area contributed by atoms with Crippen LogP contribution in [-0.4, -0.2) is 9.91 Å². The lowest BCUT2D eigenvalue weighted by atomic mass is 10.3. The first-order chi connectivity index (χ1) is 6.43. The van der Waals surface area contributed by atoms with E-state index in [0.29, 0.717) is 0 Å². The number of hydrogen-bond donors (Lipinski definition) is 0. The Kier molecular flexibility index (Phi) is 3.33. The van der Waals surface area contributed by atoms with E-state index in [4.69, 9.17) is 11.6 Å². The molecule has 0 saturated heterocycles. The molecule has 76 valence electrons. The summed E-state index contributed by atoms with van der Waals surface area (Å²) >= 11 is 8.20. The lowest BCUT2D eigenvalue weighted by Crippen LogP contribution is -1.99. The molecule has 1 aromatic heterocycles. The Balaban J connectivity index is 3.34. The van der Waals surface area contributed by atoms with Crippen LogP contribution in [0.3, 0.4) is 0 Å². The van der Waals surface area contributed by atoms with Gasteiger partial charge in [-0.15, -0.1) is 0 Å². The zero-order valence-electron chi connectivity index (χ0n) is 6.38. The van der Waals surface area contributed by atoms with Crippen LogP contribution < -0.4 is 0 Å². The SMILES string of the molecule is O=[N+]([O-])c1nc(C(F)F)c(Cl)cc1Br. The van der Waals surface area contributed by atoms with Crippen LogP contribution in [0.2, 0.25) is 5.02 Å². The van der Waals surface area contributed by atoms with Crippen molar-refractivity contribution in [2.75, 3.05) is 0 Å². The van der Waals surface area contributed by atoms with Gasteiger partial charge < -0.3 is 10.1 Å². The van der Waals surface area contributed by atoms with Crippen molar-refractivity contribution >= 4 is 33.3 Å². The van der Waals surface area contributed by atoms with Gasteiger partial charge >= 0.3 is 12.2 Å². The maximum Gasteiger partial charge on any atom is 0.378 e. The van der Waals surface area contributed by atoms with E-state index in [1.54, 1.807) is 0 Å². The number of pyridine rings is 1. The molecule has 4 nitrogen and oxygen atoms in total. The number of hydrogen-bond acceptors (Lipinski definition) is 3. The van der Waals surface area contributed by atoms with Crippen LogP contribution in [0.4, 0.5) is 14.6 Å². The Morgan fingerprint density at radius 3 is 2.64 bits per heavy atom. The molecule has 8 heteroatoms. The fourth-order valence-electron chi connectivity index (χ4n) is 0.752. The van der Waals surface area contributed by atoms with Crippen LogP contribution >= 0.6 is 27.5 Å². The molecule has 0 bridgehead atoms. The maximum absolute atomic E-state index is 12.2. The Morgan fingerprint density at radius 1 is 1.64 bits per heavy atom. The van der Waals surface area contributed by atoms with E-state index in [1.807, 2.05) is 0 Å². The van der Waals surface area contributed by atoms with Crippen molar-refractivity contribution in [1.29, 1.82) is 0 Å². The summed E-state index contributed by atoms with van der Waals surface area (Å²) in [5, 5.41) is 10.0. The summed E-state index contributed by atoms with van der Waals surface area (Å²) in [5.74, 6) is -0.676. The number of rotatable bonds is 2. The first-order valence-electron chi connectivity index (χ1n) is 3.22. The molecule has 0 spiro atoms.